The van der Waals surface area contributed by atoms with E-state index in [4.69, 9.17) is 0 Å². The van der Waals surface area contributed by atoms with Crippen molar-refractivity contribution in [3.8, 4) is 0 Å². The molecule has 2 aliphatic rings. The van der Waals surface area contributed by atoms with Crippen molar-refractivity contribution in [2.24, 2.45) is 0 Å². The van der Waals surface area contributed by atoms with Gasteiger partial charge in [-0.1, -0.05) is 84.2 Å². The molecule has 30 heavy (non-hydrogen) atoms. The average molecular weight is 432 g/mol. The van der Waals surface area contributed by atoms with Gasteiger partial charge in [0, 0.05) is 24.2 Å². The molecule has 4 nitrogen and oxygen atoms in total. The summed E-state index contributed by atoms with van der Waals surface area (Å²) in [5.74, 6) is 0.0407. The lowest BCUT2D eigenvalue weighted by molar-refractivity contribution is -0.114. The summed E-state index contributed by atoms with van der Waals surface area (Å²) in [6, 6.07) is 28.4. The minimum atomic E-state index is -0.166. The smallest absolute Gasteiger partial charge is 0.269 e. The van der Waals surface area contributed by atoms with Gasteiger partial charge in [0.15, 0.2) is 0 Å². The number of carbonyl (C=O) groups is 1. The van der Waals surface area contributed by atoms with Crippen molar-refractivity contribution in [1.82, 2.24) is 5.32 Å². The van der Waals surface area contributed by atoms with Gasteiger partial charge in [-0.15, -0.1) is 0 Å². The highest BCUT2D eigenvalue weighted by Gasteiger charge is 2.41. The summed E-state index contributed by atoms with van der Waals surface area (Å²) in [5.41, 5.74) is 3.07. The maximum Gasteiger partial charge on any atom is 0.269 e. The number of hydrogen-bond donors (Lipinski definition) is 1. The lowest BCUT2D eigenvalue weighted by atomic mass is 10.2. The van der Waals surface area contributed by atoms with Crippen LogP contribution in [0.25, 0.3) is 0 Å². The molecule has 2 aliphatic heterocycles. The lowest BCUT2D eigenvalue weighted by Gasteiger charge is -2.24. The monoisotopic (exact) mass is 431 g/mol. The third-order valence-electron chi connectivity index (χ3n) is 5.17. The standard InChI is InChI=1S/C24H21N3OS2/c1-26-19-14-8-9-15-20(19)29-23(26)21-22(28)27(18-12-6-3-7-13-18)24(30-21)25-16-17-10-4-2-5-11-17/h2-15,24-25H,16H2,1H3. The lowest BCUT2D eigenvalue weighted by Crippen LogP contribution is -2.41. The Morgan fingerprint density at radius 3 is 2.30 bits per heavy atom. The molecular formula is C24H21N3OS2. The highest BCUT2D eigenvalue weighted by molar-refractivity contribution is 8.08. The van der Waals surface area contributed by atoms with E-state index in [1.807, 2.05) is 72.6 Å². The van der Waals surface area contributed by atoms with Gasteiger partial charge in [0.25, 0.3) is 5.91 Å². The van der Waals surface area contributed by atoms with E-state index < -0.39 is 0 Å². The summed E-state index contributed by atoms with van der Waals surface area (Å²) in [7, 11) is 2.03. The summed E-state index contributed by atoms with van der Waals surface area (Å²) in [6.45, 7) is 0.695. The Labute approximate surface area is 185 Å². The molecule has 0 aliphatic carbocycles. The van der Waals surface area contributed by atoms with Gasteiger partial charge < -0.3 is 4.90 Å². The van der Waals surface area contributed by atoms with Crippen molar-refractivity contribution in [2.75, 3.05) is 16.8 Å². The molecule has 1 N–H and O–H groups in total. The van der Waals surface area contributed by atoms with Gasteiger partial charge in [-0.05, 0) is 29.8 Å². The van der Waals surface area contributed by atoms with E-state index >= 15 is 0 Å². The van der Waals surface area contributed by atoms with Gasteiger partial charge in [0.05, 0.1) is 10.7 Å². The zero-order valence-electron chi connectivity index (χ0n) is 16.5. The highest BCUT2D eigenvalue weighted by Crippen LogP contribution is 2.50. The van der Waals surface area contributed by atoms with Crippen LogP contribution >= 0.6 is 23.5 Å². The minimum Gasteiger partial charge on any atom is -0.337 e. The van der Waals surface area contributed by atoms with E-state index in [0.717, 1.165) is 21.3 Å². The van der Waals surface area contributed by atoms with Crippen LogP contribution in [0.2, 0.25) is 0 Å². The topological polar surface area (TPSA) is 35.6 Å². The molecule has 150 valence electrons. The number of benzene rings is 3. The summed E-state index contributed by atoms with van der Waals surface area (Å²) < 4.78 is 0. The molecule has 0 spiro atoms. The second kappa shape index (κ2) is 8.22. The van der Waals surface area contributed by atoms with Crippen molar-refractivity contribution in [3.63, 3.8) is 0 Å². The Bertz CT molecular complexity index is 1100. The molecule has 1 atom stereocenters. The van der Waals surface area contributed by atoms with Crippen LogP contribution in [-0.4, -0.2) is 18.5 Å². The second-order valence-electron chi connectivity index (χ2n) is 7.11. The molecule has 0 bridgehead atoms. The second-order valence-corrected chi connectivity index (χ2v) is 9.23. The first-order chi connectivity index (χ1) is 14.7. The fourth-order valence-corrected chi connectivity index (χ4v) is 6.15. The molecule has 6 heteroatoms. The molecule has 1 fully saturated rings. The Morgan fingerprint density at radius 2 is 1.57 bits per heavy atom. The first kappa shape index (κ1) is 19.3. The van der Waals surface area contributed by atoms with E-state index in [9.17, 15) is 4.79 Å². The summed E-state index contributed by atoms with van der Waals surface area (Å²) in [6.07, 6.45) is 0. The molecule has 1 saturated heterocycles. The molecule has 2 heterocycles. The van der Waals surface area contributed by atoms with Crippen molar-refractivity contribution in [3.05, 3.63) is 100 Å². The van der Waals surface area contributed by atoms with Crippen LogP contribution in [0.3, 0.4) is 0 Å². The Balaban J connectivity index is 1.48. The van der Waals surface area contributed by atoms with Crippen molar-refractivity contribution >= 4 is 40.8 Å². The van der Waals surface area contributed by atoms with E-state index in [2.05, 4.69) is 34.5 Å². The third-order valence-corrected chi connectivity index (χ3v) is 7.74. The predicted octanol–water partition coefficient (Wildman–Crippen LogP) is 5.25. The van der Waals surface area contributed by atoms with Gasteiger partial charge in [0.1, 0.15) is 10.4 Å². The molecule has 0 radical (unpaired) electrons. The van der Waals surface area contributed by atoms with Crippen LogP contribution in [0, 0.1) is 0 Å². The predicted molar refractivity (Wildman–Crippen MR) is 126 cm³/mol. The van der Waals surface area contributed by atoms with Crippen LogP contribution in [-0.2, 0) is 11.3 Å². The number of rotatable bonds is 4. The Hall–Kier alpha value is -2.67. The van der Waals surface area contributed by atoms with Crippen LogP contribution in [0.5, 0.6) is 0 Å². The number of thioether (sulfide) groups is 2. The number of fused-ring (bicyclic) bond motifs is 1. The first-order valence-corrected chi connectivity index (χ1v) is 11.5. The zero-order chi connectivity index (χ0) is 20.5. The molecule has 3 aromatic rings. The van der Waals surface area contributed by atoms with E-state index in [0.29, 0.717) is 6.54 Å². The van der Waals surface area contributed by atoms with Crippen LogP contribution in [0.4, 0.5) is 11.4 Å². The number of hydrogen-bond acceptors (Lipinski definition) is 5. The largest absolute Gasteiger partial charge is 0.337 e. The number of carbonyl (C=O) groups excluding carboxylic acids is 1. The first-order valence-electron chi connectivity index (χ1n) is 9.80. The average Bonchev–Trinajstić information content (AvgIpc) is 3.30. The Morgan fingerprint density at radius 1 is 0.900 bits per heavy atom. The van der Waals surface area contributed by atoms with Gasteiger partial charge in [-0.25, -0.2) is 0 Å². The van der Waals surface area contributed by atoms with Gasteiger partial charge in [0.2, 0.25) is 0 Å². The number of anilines is 2. The fraction of sp³-hybridized carbons (Fsp3) is 0.125. The zero-order valence-corrected chi connectivity index (χ0v) is 18.1. The fourth-order valence-electron chi connectivity index (χ4n) is 3.65. The van der Waals surface area contributed by atoms with Crippen LogP contribution in [0.15, 0.2) is 99.8 Å². The molecule has 1 amide bonds. The molecular weight excluding hydrogens is 410 g/mol. The van der Waals surface area contributed by atoms with Gasteiger partial charge in [-0.2, -0.15) is 0 Å². The van der Waals surface area contributed by atoms with Crippen LogP contribution < -0.4 is 15.1 Å². The summed E-state index contributed by atoms with van der Waals surface area (Å²) in [5, 5.41) is 4.57. The van der Waals surface area contributed by atoms with E-state index in [-0.39, 0.29) is 11.4 Å². The molecule has 1 unspecified atom stereocenters. The van der Waals surface area contributed by atoms with Crippen molar-refractivity contribution in [1.29, 1.82) is 0 Å². The number of para-hydroxylation sites is 2. The maximum atomic E-state index is 13.6. The third kappa shape index (κ3) is 3.51. The van der Waals surface area contributed by atoms with E-state index in [1.165, 1.54) is 10.5 Å². The number of nitrogens with zero attached hydrogens (tertiary/aromatic N) is 2. The number of nitrogens with one attached hydrogen (secondary N) is 1. The maximum absolute atomic E-state index is 13.6. The Kier molecular flexibility index (Phi) is 5.29. The molecule has 5 rings (SSSR count). The molecule has 3 aromatic carbocycles. The minimum absolute atomic E-state index is 0.0407. The van der Waals surface area contributed by atoms with Gasteiger partial charge in [-0.3, -0.25) is 15.0 Å². The van der Waals surface area contributed by atoms with Gasteiger partial charge >= 0.3 is 0 Å². The molecule has 0 aromatic heterocycles. The quantitative estimate of drug-likeness (QED) is 0.571. The van der Waals surface area contributed by atoms with Crippen molar-refractivity contribution < 1.29 is 4.79 Å². The normalized spacial score (nSPS) is 20.7. The highest BCUT2D eigenvalue weighted by atomic mass is 32.2. The van der Waals surface area contributed by atoms with Crippen molar-refractivity contribution in [2.45, 2.75) is 16.9 Å². The SMILES string of the molecule is CN1C(=C2SC(NCc3ccccc3)N(c3ccccc3)C2=O)Sc2ccccc21. The van der Waals surface area contributed by atoms with Crippen LogP contribution in [0.1, 0.15) is 5.56 Å². The summed E-state index contributed by atoms with van der Waals surface area (Å²) >= 11 is 3.26. The molecule has 0 saturated carbocycles. The summed E-state index contributed by atoms with van der Waals surface area (Å²) in [4.78, 5) is 19.5. The van der Waals surface area contributed by atoms with E-state index in [1.54, 1.807) is 23.5 Å². The number of amides is 1.